The first kappa shape index (κ1) is 27.9. The average Bonchev–Trinajstić information content (AvgIpc) is 3.44. The summed E-state index contributed by atoms with van der Waals surface area (Å²) < 4.78 is 121. The molecule has 0 spiro atoms. The van der Waals surface area contributed by atoms with E-state index < -0.39 is 52.7 Å². The Hall–Kier alpha value is -4.11. The highest BCUT2D eigenvalue weighted by Crippen LogP contribution is 2.44. The fourth-order valence-corrected chi connectivity index (χ4v) is 3.62. The molecule has 1 aromatic carbocycles. The van der Waals surface area contributed by atoms with E-state index in [-0.39, 0.29) is 41.0 Å². The molecule has 0 unspecified atom stereocenters. The number of hydrogen-bond donors (Lipinski definition) is 1. The molecular weight excluding hydrogens is 547 g/mol. The number of halogens is 9. The SMILES string of the molecule is Cc1cc(C(F)(F)F)nn1CCCNC(=O)c1cc2nc(-c3ccc(F)cc3)cc(C(F)(F)C(F)(F)F)n2n1. The molecule has 0 aliphatic heterocycles. The van der Waals surface area contributed by atoms with Crippen molar-refractivity contribution in [3.05, 3.63) is 71.1 Å². The van der Waals surface area contributed by atoms with Gasteiger partial charge in [0.05, 0.1) is 5.69 Å². The molecule has 0 radical (unpaired) electrons. The third kappa shape index (κ3) is 5.68. The van der Waals surface area contributed by atoms with E-state index in [1.807, 2.05) is 0 Å². The predicted octanol–water partition coefficient (Wildman–Crippen LogP) is 5.53. The highest BCUT2D eigenvalue weighted by atomic mass is 19.4. The standard InChI is InChI=1S/C23H17F9N6O/c1-12-9-17(22(27,28)29)36-37(12)8-2-7-33-20(39)16-11-19-34-15(13-3-5-14(24)6-4-13)10-18(38(19)35-16)21(25,26)23(30,31)32/h3-6,9-11H,2,7-8H2,1H3,(H,33,39). The van der Waals surface area contributed by atoms with Crippen molar-refractivity contribution in [2.75, 3.05) is 6.54 Å². The number of benzene rings is 1. The highest BCUT2D eigenvalue weighted by Gasteiger charge is 2.60. The van der Waals surface area contributed by atoms with Crippen LogP contribution in [0.5, 0.6) is 0 Å². The van der Waals surface area contributed by atoms with Gasteiger partial charge < -0.3 is 5.32 Å². The Morgan fingerprint density at radius 1 is 0.949 bits per heavy atom. The van der Waals surface area contributed by atoms with Crippen molar-refractivity contribution < 1.29 is 44.3 Å². The van der Waals surface area contributed by atoms with Gasteiger partial charge in [0, 0.05) is 30.4 Å². The average molecular weight is 564 g/mol. The molecule has 16 heteroatoms. The van der Waals surface area contributed by atoms with E-state index in [0.717, 1.165) is 41.1 Å². The lowest BCUT2D eigenvalue weighted by Gasteiger charge is -2.21. The lowest BCUT2D eigenvalue weighted by Crippen LogP contribution is -2.36. The number of aryl methyl sites for hydroxylation is 2. The van der Waals surface area contributed by atoms with Gasteiger partial charge in [0.2, 0.25) is 0 Å². The molecule has 4 rings (SSSR count). The van der Waals surface area contributed by atoms with Gasteiger partial charge >= 0.3 is 18.3 Å². The van der Waals surface area contributed by atoms with Gasteiger partial charge in [0.1, 0.15) is 11.5 Å². The molecule has 1 N–H and O–H groups in total. The fraction of sp³-hybridized carbons (Fsp3) is 0.304. The van der Waals surface area contributed by atoms with E-state index in [1.165, 1.54) is 6.92 Å². The zero-order valence-electron chi connectivity index (χ0n) is 19.7. The fourth-order valence-electron chi connectivity index (χ4n) is 3.62. The van der Waals surface area contributed by atoms with Crippen LogP contribution in [0.2, 0.25) is 0 Å². The van der Waals surface area contributed by atoms with Crippen LogP contribution < -0.4 is 5.32 Å². The number of nitrogens with one attached hydrogen (secondary N) is 1. The van der Waals surface area contributed by atoms with Gasteiger partial charge in [-0.3, -0.25) is 9.48 Å². The second kappa shape index (κ2) is 9.89. The van der Waals surface area contributed by atoms with E-state index in [1.54, 1.807) is 0 Å². The van der Waals surface area contributed by atoms with E-state index in [2.05, 4.69) is 20.5 Å². The van der Waals surface area contributed by atoms with Crippen LogP contribution >= 0.6 is 0 Å². The monoisotopic (exact) mass is 564 g/mol. The van der Waals surface area contributed by atoms with Gasteiger partial charge in [-0.1, -0.05) is 0 Å². The van der Waals surface area contributed by atoms with Crippen LogP contribution in [0.4, 0.5) is 39.5 Å². The summed E-state index contributed by atoms with van der Waals surface area (Å²) >= 11 is 0. The molecule has 0 saturated heterocycles. The number of carbonyl (C=O) groups excluding carboxylic acids is 1. The minimum absolute atomic E-state index is 0.00209. The van der Waals surface area contributed by atoms with Gasteiger partial charge in [-0.15, -0.1) is 0 Å². The minimum Gasteiger partial charge on any atom is -0.351 e. The van der Waals surface area contributed by atoms with Crippen LogP contribution in [-0.4, -0.2) is 43.0 Å². The molecule has 0 aliphatic rings. The van der Waals surface area contributed by atoms with Crippen molar-refractivity contribution >= 4 is 11.6 Å². The lowest BCUT2D eigenvalue weighted by molar-refractivity contribution is -0.291. The third-order valence-electron chi connectivity index (χ3n) is 5.58. The molecule has 3 heterocycles. The summed E-state index contributed by atoms with van der Waals surface area (Å²) in [4.78, 5) is 16.5. The molecule has 7 nitrogen and oxygen atoms in total. The largest absolute Gasteiger partial charge is 0.459 e. The maximum absolute atomic E-state index is 14.4. The molecule has 0 atom stereocenters. The van der Waals surface area contributed by atoms with E-state index in [4.69, 9.17) is 0 Å². The molecule has 208 valence electrons. The second-order valence-corrected chi connectivity index (χ2v) is 8.41. The van der Waals surface area contributed by atoms with Crippen LogP contribution in [0, 0.1) is 12.7 Å². The molecule has 39 heavy (non-hydrogen) atoms. The number of hydrogen-bond acceptors (Lipinski definition) is 4. The predicted molar refractivity (Wildman–Crippen MR) is 117 cm³/mol. The number of aromatic nitrogens is 5. The maximum Gasteiger partial charge on any atom is 0.459 e. The van der Waals surface area contributed by atoms with Crippen molar-refractivity contribution in [3.8, 4) is 11.3 Å². The number of carbonyl (C=O) groups is 1. The van der Waals surface area contributed by atoms with Crippen LogP contribution in [0.25, 0.3) is 16.9 Å². The minimum atomic E-state index is -6.01. The molecule has 0 saturated carbocycles. The zero-order valence-corrected chi connectivity index (χ0v) is 19.7. The maximum atomic E-state index is 14.4. The molecule has 4 aromatic rings. The summed E-state index contributed by atoms with van der Waals surface area (Å²) in [7, 11) is 0. The summed E-state index contributed by atoms with van der Waals surface area (Å²) in [5.74, 6) is -7.01. The molecule has 3 aromatic heterocycles. The van der Waals surface area contributed by atoms with E-state index in [0.29, 0.717) is 6.07 Å². The third-order valence-corrected chi connectivity index (χ3v) is 5.58. The Morgan fingerprint density at radius 3 is 2.21 bits per heavy atom. The zero-order chi connectivity index (χ0) is 28.8. The van der Waals surface area contributed by atoms with Gasteiger partial charge in [-0.2, -0.15) is 45.3 Å². The molecule has 0 bridgehead atoms. The Bertz CT molecular complexity index is 1500. The van der Waals surface area contributed by atoms with Crippen LogP contribution in [0.3, 0.4) is 0 Å². The van der Waals surface area contributed by atoms with Gasteiger partial charge in [-0.25, -0.2) is 13.9 Å². The van der Waals surface area contributed by atoms with Crippen molar-refractivity contribution in [3.63, 3.8) is 0 Å². The lowest BCUT2D eigenvalue weighted by atomic mass is 10.1. The molecule has 0 fully saturated rings. The number of rotatable bonds is 7. The number of amides is 1. The number of alkyl halides is 8. The van der Waals surface area contributed by atoms with E-state index >= 15 is 0 Å². The second-order valence-electron chi connectivity index (χ2n) is 8.41. The van der Waals surface area contributed by atoms with Crippen LogP contribution in [0.1, 0.15) is 34.0 Å². The molecule has 0 aliphatic carbocycles. The first-order valence-electron chi connectivity index (χ1n) is 11.1. The smallest absolute Gasteiger partial charge is 0.351 e. The van der Waals surface area contributed by atoms with Crippen molar-refractivity contribution in [2.24, 2.45) is 0 Å². The Balaban J connectivity index is 1.57. The van der Waals surface area contributed by atoms with Crippen molar-refractivity contribution in [1.82, 2.24) is 29.7 Å². The van der Waals surface area contributed by atoms with Gasteiger partial charge in [0.25, 0.3) is 5.91 Å². The number of nitrogens with zero attached hydrogens (tertiary/aromatic N) is 5. The van der Waals surface area contributed by atoms with Gasteiger partial charge in [0.15, 0.2) is 17.0 Å². The summed E-state index contributed by atoms with van der Waals surface area (Å²) in [6.07, 6.45) is -10.5. The summed E-state index contributed by atoms with van der Waals surface area (Å²) in [6, 6.07) is 6.39. The van der Waals surface area contributed by atoms with Crippen molar-refractivity contribution in [1.29, 1.82) is 0 Å². The first-order chi connectivity index (χ1) is 18.1. The number of fused-ring (bicyclic) bond motifs is 1. The van der Waals surface area contributed by atoms with E-state index in [9.17, 15) is 44.3 Å². The normalized spacial score (nSPS) is 12.8. The Morgan fingerprint density at radius 2 is 1.62 bits per heavy atom. The van der Waals surface area contributed by atoms with Crippen molar-refractivity contribution in [2.45, 2.75) is 38.2 Å². The topological polar surface area (TPSA) is 77.1 Å². The van der Waals surface area contributed by atoms with Gasteiger partial charge in [-0.05, 0) is 49.7 Å². The summed E-state index contributed by atoms with van der Waals surface area (Å²) in [6.45, 7) is 1.31. The molecule has 1 amide bonds. The summed E-state index contributed by atoms with van der Waals surface area (Å²) in [5.41, 5.74) is -3.81. The quantitative estimate of drug-likeness (QED) is 0.237. The molecular formula is C23H17F9N6O. The van der Waals surface area contributed by atoms with Crippen LogP contribution in [0.15, 0.2) is 42.5 Å². The Labute approximate surface area is 213 Å². The summed E-state index contributed by atoms with van der Waals surface area (Å²) in [5, 5.41) is 9.40. The first-order valence-corrected chi connectivity index (χ1v) is 11.1. The Kier molecular flexibility index (Phi) is 7.08. The highest BCUT2D eigenvalue weighted by molar-refractivity contribution is 5.93. The van der Waals surface area contributed by atoms with Crippen LogP contribution in [-0.2, 0) is 18.6 Å².